The molecule has 0 amide bonds. The normalized spacial score (nSPS) is 26.3. The molecule has 21 heavy (non-hydrogen) atoms. The van der Waals surface area contributed by atoms with Crippen LogP contribution in [0.15, 0.2) is 28.9 Å². The molecule has 2 aliphatic rings. The molecule has 1 aromatic heterocycles. The van der Waals surface area contributed by atoms with Gasteiger partial charge in [-0.3, -0.25) is 9.58 Å². The minimum Gasteiger partial charge on any atom is -0.374 e. The number of rotatable bonds is 3. The maximum atomic E-state index is 5.82. The molecule has 5 nitrogen and oxygen atoms in total. The molecule has 2 aromatic rings. The SMILES string of the molecule is Brc1cccc2nn(CCN3CCO[C@@H]4CNC[C@@H]43)cc12. The van der Waals surface area contributed by atoms with E-state index in [1.54, 1.807) is 0 Å². The quantitative estimate of drug-likeness (QED) is 0.910. The Balaban J connectivity index is 1.46. The Labute approximate surface area is 132 Å². The number of halogens is 1. The standard InChI is InChI=1S/C15H19BrN4O/c16-12-2-1-3-13-11(12)10-20(18-13)5-4-19-6-7-21-15-9-17-8-14(15)19/h1-3,10,14-15,17H,4-9H2/t14-,15+/m0/s1. The van der Waals surface area contributed by atoms with Gasteiger partial charge in [0.2, 0.25) is 0 Å². The van der Waals surface area contributed by atoms with Gasteiger partial charge in [-0.1, -0.05) is 22.0 Å². The van der Waals surface area contributed by atoms with Crippen LogP contribution in [0.3, 0.4) is 0 Å². The topological polar surface area (TPSA) is 42.3 Å². The van der Waals surface area contributed by atoms with E-state index in [9.17, 15) is 0 Å². The van der Waals surface area contributed by atoms with Crippen molar-refractivity contribution in [1.82, 2.24) is 20.0 Å². The van der Waals surface area contributed by atoms with Crippen LogP contribution in [0.2, 0.25) is 0 Å². The minimum absolute atomic E-state index is 0.365. The fourth-order valence-corrected chi connectivity index (χ4v) is 3.80. The van der Waals surface area contributed by atoms with Crippen LogP contribution in [0.25, 0.3) is 10.9 Å². The van der Waals surface area contributed by atoms with Gasteiger partial charge in [0, 0.05) is 48.3 Å². The largest absolute Gasteiger partial charge is 0.374 e. The summed E-state index contributed by atoms with van der Waals surface area (Å²) in [5.74, 6) is 0. The first-order chi connectivity index (χ1) is 10.3. The molecule has 2 fully saturated rings. The molecule has 3 heterocycles. The zero-order chi connectivity index (χ0) is 14.2. The zero-order valence-electron chi connectivity index (χ0n) is 11.8. The molecule has 2 saturated heterocycles. The molecule has 0 aliphatic carbocycles. The monoisotopic (exact) mass is 350 g/mol. The van der Waals surface area contributed by atoms with E-state index in [-0.39, 0.29) is 0 Å². The van der Waals surface area contributed by atoms with E-state index in [4.69, 9.17) is 4.74 Å². The van der Waals surface area contributed by atoms with Crippen molar-refractivity contribution < 1.29 is 4.74 Å². The average Bonchev–Trinajstić information content (AvgIpc) is 3.12. The number of hydrogen-bond acceptors (Lipinski definition) is 4. The zero-order valence-corrected chi connectivity index (χ0v) is 13.4. The Morgan fingerprint density at radius 1 is 1.33 bits per heavy atom. The van der Waals surface area contributed by atoms with Gasteiger partial charge in [0.05, 0.1) is 24.8 Å². The van der Waals surface area contributed by atoms with Crippen LogP contribution < -0.4 is 5.32 Å². The first kappa shape index (κ1) is 13.7. The summed E-state index contributed by atoms with van der Waals surface area (Å²) in [4.78, 5) is 2.54. The Bertz CT molecular complexity index is 644. The van der Waals surface area contributed by atoms with Crippen LogP contribution in [0.4, 0.5) is 0 Å². The number of nitrogens with one attached hydrogen (secondary N) is 1. The van der Waals surface area contributed by atoms with Crippen molar-refractivity contribution in [3.05, 3.63) is 28.9 Å². The van der Waals surface area contributed by atoms with Gasteiger partial charge in [-0.15, -0.1) is 0 Å². The highest BCUT2D eigenvalue weighted by Crippen LogP contribution is 2.23. The fourth-order valence-electron chi connectivity index (χ4n) is 3.34. The van der Waals surface area contributed by atoms with Crippen molar-refractivity contribution in [1.29, 1.82) is 0 Å². The predicted octanol–water partition coefficient (Wildman–Crippen LogP) is 1.47. The summed E-state index contributed by atoms with van der Waals surface area (Å²) < 4.78 is 8.98. The van der Waals surface area contributed by atoms with E-state index in [1.807, 2.05) is 6.07 Å². The first-order valence-corrected chi connectivity index (χ1v) is 8.28. The lowest BCUT2D eigenvalue weighted by Crippen LogP contribution is -2.51. The molecule has 112 valence electrons. The first-order valence-electron chi connectivity index (χ1n) is 7.49. The maximum Gasteiger partial charge on any atom is 0.0934 e. The van der Waals surface area contributed by atoms with E-state index in [0.717, 1.165) is 49.3 Å². The Hall–Kier alpha value is -0.950. The van der Waals surface area contributed by atoms with Gasteiger partial charge in [-0.25, -0.2) is 0 Å². The van der Waals surface area contributed by atoms with E-state index in [2.05, 4.69) is 54.3 Å². The van der Waals surface area contributed by atoms with Crippen LogP contribution in [0.1, 0.15) is 0 Å². The van der Waals surface area contributed by atoms with Crippen molar-refractivity contribution in [3.63, 3.8) is 0 Å². The van der Waals surface area contributed by atoms with Crippen LogP contribution in [-0.4, -0.2) is 59.6 Å². The molecule has 2 atom stereocenters. The third-order valence-corrected chi connectivity index (χ3v) is 5.16. The summed E-state index contributed by atoms with van der Waals surface area (Å²) in [6.45, 7) is 5.84. The smallest absolute Gasteiger partial charge is 0.0934 e. The van der Waals surface area contributed by atoms with Gasteiger partial charge >= 0.3 is 0 Å². The third-order valence-electron chi connectivity index (χ3n) is 4.47. The highest BCUT2D eigenvalue weighted by molar-refractivity contribution is 9.10. The number of hydrogen-bond donors (Lipinski definition) is 1. The van der Waals surface area contributed by atoms with Crippen LogP contribution in [-0.2, 0) is 11.3 Å². The van der Waals surface area contributed by atoms with Crippen LogP contribution in [0, 0.1) is 0 Å². The molecule has 4 rings (SSSR count). The Morgan fingerprint density at radius 3 is 3.19 bits per heavy atom. The van der Waals surface area contributed by atoms with Gasteiger partial charge in [0.1, 0.15) is 0 Å². The summed E-state index contributed by atoms with van der Waals surface area (Å²) in [7, 11) is 0. The molecular weight excluding hydrogens is 332 g/mol. The average molecular weight is 351 g/mol. The number of benzene rings is 1. The number of nitrogens with zero attached hydrogens (tertiary/aromatic N) is 3. The molecule has 0 radical (unpaired) electrons. The van der Waals surface area contributed by atoms with Gasteiger partial charge < -0.3 is 10.1 Å². The lowest BCUT2D eigenvalue weighted by Gasteiger charge is -2.36. The highest BCUT2D eigenvalue weighted by atomic mass is 79.9. The number of morpholine rings is 1. The van der Waals surface area contributed by atoms with Crippen molar-refractivity contribution >= 4 is 26.8 Å². The van der Waals surface area contributed by atoms with Gasteiger partial charge in [0.25, 0.3) is 0 Å². The summed E-state index contributed by atoms with van der Waals surface area (Å²) in [6, 6.07) is 6.67. The Kier molecular flexibility index (Phi) is 3.71. The third kappa shape index (κ3) is 2.61. The van der Waals surface area contributed by atoms with Crippen molar-refractivity contribution in [2.45, 2.75) is 18.7 Å². The van der Waals surface area contributed by atoms with Crippen LogP contribution >= 0.6 is 15.9 Å². The lowest BCUT2D eigenvalue weighted by atomic mass is 10.1. The van der Waals surface area contributed by atoms with Crippen LogP contribution in [0.5, 0.6) is 0 Å². The summed E-state index contributed by atoms with van der Waals surface area (Å²) in [5, 5.41) is 9.26. The summed E-state index contributed by atoms with van der Waals surface area (Å²) in [5.41, 5.74) is 1.05. The van der Waals surface area contributed by atoms with Crippen molar-refractivity contribution in [2.75, 3.05) is 32.8 Å². The minimum atomic E-state index is 0.365. The van der Waals surface area contributed by atoms with E-state index < -0.39 is 0 Å². The van der Waals surface area contributed by atoms with E-state index >= 15 is 0 Å². The Morgan fingerprint density at radius 2 is 2.29 bits per heavy atom. The molecule has 1 N–H and O–H groups in total. The molecule has 0 saturated carbocycles. The summed E-state index contributed by atoms with van der Waals surface area (Å²) >= 11 is 3.59. The lowest BCUT2D eigenvalue weighted by molar-refractivity contribution is -0.0478. The van der Waals surface area contributed by atoms with Gasteiger partial charge in [-0.2, -0.15) is 5.10 Å². The molecule has 1 aromatic carbocycles. The number of aromatic nitrogens is 2. The second-order valence-electron chi connectivity index (χ2n) is 5.74. The molecule has 6 heteroatoms. The van der Waals surface area contributed by atoms with Gasteiger partial charge in [0.15, 0.2) is 0 Å². The van der Waals surface area contributed by atoms with E-state index in [0.29, 0.717) is 12.1 Å². The number of ether oxygens (including phenoxy) is 1. The van der Waals surface area contributed by atoms with Gasteiger partial charge in [-0.05, 0) is 12.1 Å². The molecule has 0 bridgehead atoms. The predicted molar refractivity (Wildman–Crippen MR) is 85.4 cm³/mol. The second-order valence-corrected chi connectivity index (χ2v) is 6.59. The molecule has 2 aliphatic heterocycles. The fraction of sp³-hybridized carbons (Fsp3) is 0.533. The molecule has 0 spiro atoms. The highest BCUT2D eigenvalue weighted by Gasteiger charge is 2.35. The summed E-state index contributed by atoms with van der Waals surface area (Å²) in [6.07, 6.45) is 2.49. The maximum absolute atomic E-state index is 5.82. The van der Waals surface area contributed by atoms with Crippen molar-refractivity contribution in [3.8, 4) is 0 Å². The van der Waals surface area contributed by atoms with Crippen molar-refractivity contribution in [2.24, 2.45) is 0 Å². The molecular formula is C15H19BrN4O. The number of fused-ring (bicyclic) bond motifs is 2. The van der Waals surface area contributed by atoms with E-state index in [1.165, 1.54) is 5.39 Å². The molecule has 0 unspecified atom stereocenters. The second kappa shape index (κ2) is 5.68.